The van der Waals surface area contributed by atoms with Gasteiger partial charge in [-0.15, -0.1) is 71.8 Å². The second kappa shape index (κ2) is 15.2. The van der Waals surface area contributed by atoms with Gasteiger partial charge in [-0.1, -0.05) is 68.4 Å². The Morgan fingerprint density at radius 1 is 0.622 bits per heavy atom. The summed E-state index contributed by atoms with van der Waals surface area (Å²) in [6.07, 6.45) is 6.19. The van der Waals surface area contributed by atoms with Gasteiger partial charge in [0.05, 0.1) is 0 Å². The Bertz CT molecular complexity index is 1840. The molecule has 4 aliphatic rings. The summed E-state index contributed by atoms with van der Waals surface area (Å²) in [5, 5.41) is 0. The van der Waals surface area contributed by atoms with E-state index < -0.39 is 0 Å². The number of rotatable bonds is 4. The molecule has 0 fully saturated rings. The van der Waals surface area contributed by atoms with Crippen molar-refractivity contribution in [3.63, 3.8) is 0 Å². The van der Waals surface area contributed by atoms with Gasteiger partial charge in [0.15, 0.2) is 0 Å². The van der Waals surface area contributed by atoms with Crippen molar-refractivity contribution in [2.45, 2.75) is 52.4 Å². The predicted octanol–water partition coefficient (Wildman–Crippen LogP) is 10.1. The van der Waals surface area contributed by atoms with E-state index in [1.807, 2.05) is 73.8 Å². The van der Waals surface area contributed by atoms with E-state index in [1.165, 1.54) is 38.9 Å². The van der Waals surface area contributed by atoms with Gasteiger partial charge >= 0.3 is 0 Å². The molecule has 0 atom stereocenters. The number of aryl methyl sites for hydroxylation is 5. The molecule has 10 rings (SSSR count). The smallest absolute Gasteiger partial charge is 0.0266 e. The molecule has 0 spiro atoms. The van der Waals surface area contributed by atoms with Crippen molar-refractivity contribution in [1.82, 2.24) is 9.97 Å². The number of pyridine rings is 2. The minimum absolute atomic E-state index is 0. The van der Waals surface area contributed by atoms with Gasteiger partial charge < -0.3 is 9.97 Å². The molecule has 0 amide bonds. The first kappa shape index (κ1) is 32.2. The molecule has 3 heteroatoms. The van der Waals surface area contributed by atoms with Gasteiger partial charge in [0, 0.05) is 32.0 Å². The third-order valence-corrected chi connectivity index (χ3v) is 8.30. The number of aromatic nitrogens is 2. The fraction of sp³-hybridized carbons (Fsp3) is 0.190. The third kappa shape index (κ3) is 8.11. The monoisotopic (exact) mass is 763 g/mol. The van der Waals surface area contributed by atoms with Crippen LogP contribution in [0.2, 0.25) is 0 Å². The summed E-state index contributed by atoms with van der Waals surface area (Å²) >= 11 is 0. The maximum Gasteiger partial charge on any atom is 0.0266 e. The summed E-state index contributed by atoms with van der Waals surface area (Å²) in [4.78, 5) is 9.02. The molecule has 0 saturated carbocycles. The van der Waals surface area contributed by atoms with Crippen molar-refractivity contribution in [3.8, 4) is 33.6 Å². The Morgan fingerprint density at radius 2 is 1.29 bits per heavy atom. The summed E-state index contributed by atoms with van der Waals surface area (Å²) < 4.78 is 0. The number of benzene rings is 4. The molecule has 2 nitrogen and oxygen atoms in total. The van der Waals surface area contributed by atoms with E-state index in [0.29, 0.717) is 5.92 Å². The summed E-state index contributed by atoms with van der Waals surface area (Å²) in [5.41, 5.74) is 14.9. The van der Waals surface area contributed by atoms with E-state index in [9.17, 15) is 0 Å². The van der Waals surface area contributed by atoms with Crippen LogP contribution in [0, 0.1) is 19.1 Å². The second-order valence-corrected chi connectivity index (χ2v) is 11.8. The topological polar surface area (TPSA) is 25.8 Å². The van der Waals surface area contributed by atoms with Gasteiger partial charge in [0.1, 0.15) is 0 Å². The summed E-state index contributed by atoms with van der Waals surface area (Å²) in [6, 6.07) is 47.0. The Balaban J connectivity index is 0.000000240. The van der Waals surface area contributed by atoms with Crippen LogP contribution in [0.3, 0.4) is 0 Å². The van der Waals surface area contributed by atoms with Gasteiger partial charge in [-0.2, -0.15) is 0 Å². The molecule has 1 radical (unpaired) electrons. The van der Waals surface area contributed by atoms with Crippen LogP contribution in [0.15, 0.2) is 121 Å². The summed E-state index contributed by atoms with van der Waals surface area (Å²) in [5.74, 6) is 0.569. The van der Waals surface area contributed by atoms with Crippen molar-refractivity contribution in [2.75, 3.05) is 0 Å². The SMILES string of the molecule is CC(C)c1cc2ccc1CCc1ccc(c(-c3ccnc(-c4[c-]cccc4)c3)c1)CC2.Cc1cccc(-c2[c-]cccc2)n1.[Ir]. The van der Waals surface area contributed by atoms with Gasteiger partial charge in [-0.25, -0.2) is 0 Å². The first-order valence-electron chi connectivity index (χ1n) is 15.6. The first-order valence-corrected chi connectivity index (χ1v) is 15.6. The summed E-state index contributed by atoms with van der Waals surface area (Å²) in [7, 11) is 0. The van der Waals surface area contributed by atoms with Crippen LogP contribution in [-0.2, 0) is 45.8 Å². The number of nitrogens with zero attached hydrogens (tertiary/aromatic N) is 2. The molecule has 45 heavy (non-hydrogen) atoms. The molecule has 4 aromatic carbocycles. The van der Waals surface area contributed by atoms with Crippen LogP contribution in [0.5, 0.6) is 0 Å². The van der Waals surface area contributed by atoms with Crippen LogP contribution in [-0.4, -0.2) is 9.97 Å². The zero-order valence-corrected chi connectivity index (χ0v) is 28.6. The largest absolute Gasteiger partial charge is 0.305 e. The average molecular weight is 763 g/mol. The van der Waals surface area contributed by atoms with E-state index in [-0.39, 0.29) is 20.1 Å². The number of hydrogen-bond donors (Lipinski definition) is 0. The van der Waals surface area contributed by atoms with Crippen LogP contribution < -0.4 is 0 Å². The molecule has 2 heterocycles. The van der Waals surface area contributed by atoms with Gasteiger partial charge in [-0.3, -0.25) is 0 Å². The summed E-state index contributed by atoms with van der Waals surface area (Å²) in [6.45, 7) is 6.61. The Hall–Kier alpha value is -4.17. The molecular formula is C42H38IrN2-2. The molecular weight excluding hydrogens is 725 g/mol. The van der Waals surface area contributed by atoms with Crippen molar-refractivity contribution in [1.29, 1.82) is 0 Å². The maximum atomic E-state index is 4.61. The predicted molar refractivity (Wildman–Crippen MR) is 183 cm³/mol. The van der Waals surface area contributed by atoms with Crippen LogP contribution in [0.25, 0.3) is 33.6 Å². The fourth-order valence-electron chi connectivity index (χ4n) is 5.93. The van der Waals surface area contributed by atoms with Crippen LogP contribution >= 0.6 is 0 Å². The van der Waals surface area contributed by atoms with E-state index in [0.717, 1.165) is 53.9 Å². The van der Waals surface area contributed by atoms with Gasteiger partial charge in [0.25, 0.3) is 0 Å². The van der Waals surface area contributed by atoms with E-state index in [2.05, 4.69) is 90.5 Å². The van der Waals surface area contributed by atoms with Crippen molar-refractivity contribution >= 4 is 0 Å². The number of hydrogen-bond acceptors (Lipinski definition) is 2. The van der Waals surface area contributed by atoms with E-state index >= 15 is 0 Å². The average Bonchev–Trinajstić information content (AvgIpc) is 3.07. The van der Waals surface area contributed by atoms with E-state index in [4.69, 9.17) is 0 Å². The van der Waals surface area contributed by atoms with Crippen LogP contribution in [0.1, 0.15) is 53.3 Å². The second-order valence-electron chi connectivity index (χ2n) is 11.8. The quantitative estimate of drug-likeness (QED) is 0.167. The molecule has 4 aliphatic carbocycles. The van der Waals surface area contributed by atoms with Crippen molar-refractivity contribution < 1.29 is 20.1 Å². The maximum absolute atomic E-state index is 4.61. The molecule has 0 aliphatic heterocycles. The van der Waals surface area contributed by atoms with E-state index in [1.54, 1.807) is 0 Å². The zero-order chi connectivity index (χ0) is 30.3. The molecule has 4 bridgehead atoms. The fourth-order valence-corrected chi connectivity index (χ4v) is 5.93. The van der Waals surface area contributed by atoms with Gasteiger partial charge in [-0.05, 0) is 101 Å². The Kier molecular flexibility index (Phi) is 10.9. The van der Waals surface area contributed by atoms with Crippen LogP contribution in [0.4, 0.5) is 0 Å². The minimum Gasteiger partial charge on any atom is -0.305 e. The first-order chi connectivity index (χ1) is 21.5. The normalized spacial score (nSPS) is 12.0. The molecule has 0 saturated heterocycles. The molecule has 0 N–H and O–H groups in total. The third-order valence-electron chi connectivity index (χ3n) is 8.30. The standard InChI is InChI=1S/C30H28N.C12H10N.Ir/c1-21(2)28-18-22-8-12-24(28)13-9-23-11-15-25(14-10-22)29(19-23)27-16-17-31-30(20-27)26-6-4-3-5-7-26;1-10-6-5-9-12(13-10)11-7-3-2-4-8-11;/h3-6,8,11-12,15-21H,9-10,13-14H2,1-2H3;2-7,9H,1H3;/q2*-1;. The minimum atomic E-state index is 0. The Morgan fingerprint density at radius 3 is 1.96 bits per heavy atom. The Labute approximate surface area is 282 Å². The molecule has 227 valence electrons. The molecule has 6 aromatic rings. The zero-order valence-electron chi connectivity index (χ0n) is 26.2. The molecule has 2 aromatic heterocycles. The van der Waals surface area contributed by atoms with Crippen molar-refractivity contribution in [3.05, 3.63) is 167 Å². The molecule has 0 unspecified atom stereocenters. The van der Waals surface area contributed by atoms with Crippen molar-refractivity contribution in [2.24, 2.45) is 0 Å². The van der Waals surface area contributed by atoms with Gasteiger partial charge in [0.2, 0.25) is 0 Å².